The summed E-state index contributed by atoms with van der Waals surface area (Å²) in [7, 11) is 0. The van der Waals surface area contributed by atoms with Crippen molar-refractivity contribution >= 4 is 5.91 Å². The molecule has 0 saturated carbocycles. The van der Waals surface area contributed by atoms with Crippen LogP contribution in [0.2, 0.25) is 0 Å². The monoisotopic (exact) mass is 264 g/mol. The molecule has 0 aliphatic carbocycles. The Morgan fingerprint density at radius 3 is 2.95 bits per heavy atom. The van der Waals surface area contributed by atoms with E-state index in [1.165, 1.54) is 12.1 Å². The number of furan rings is 1. The van der Waals surface area contributed by atoms with Gasteiger partial charge in [0.05, 0.1) is 0 Å². The third-order valence-corrected chi connectivity index (χ3v) is 2.48. The van der Waals surface area contributed by atoms with Crippen LogP contribution in [0.25, 0.3) is 0 Å². The SMILES string of the molecule is Cc1cc(COc2cccc(F)c2)oc1C(=O)NN. The summed E-state index contributed by atoms with van der Waals surface area (Å²) in [6, 6.07) is 7.44. The number of aryl methyl sites for hydroxylation is 1. The molecule has 2 rings (SSSR count). The lowest BCUT2D eigenvalue weighted by molar-refractivity contribution is 0.0921. The molecule has 1 heterocycles. The molecule has 1 aromatic heterocycles. The number of nitrogen functional groups attached to an aromatic ring is 1. The van der Waals surface area contributed by atoms with Crippen LogP contribution in [-0.2, 0) is 6.61 Å². The summed E-state index contributed by atoms with van der Waals surface area (Å²) in [5.41, 5.74) is 2.65. The van der Waals surface area contributed by atoms with Crippen LogP contribution in [0.5, 0.6) is 5.75 Å². The van der Waals surface area contributed by atoms with E-state index in [9.17, 15) is 9.18 Å². The molecule has 2 aromatic rings. The highest BCUT2D eigenvalue weighted by molar-refractivity contribution is 5.92. The number of nitrogens with one attached hydrogen (secondary N) is 1. The highest BCUT2D eigenvalue weighted by Crippen LogP contribution is 2.18. The van der Waals surface area contributed by atoms with Crippen molar-refractivity contribution in [3.8, 4) is 5.75 Å². The van der Waals surface area contributed by atoms with Gasteiger partial charge in [-0.25, -0.2) is 10.2 Å². The highest BCUT2D eigenvalue weighted by atomic mass is 19.1. The molecule has 0 spiro atoms. The molecule has 5 nitrogen and oxygen atoms in total. The zero-order valence-electron chi connectivity index (χ0n) is 10.3. The summed E-state index contributed by atoms with van der Waals surface area (Å²) in [6.07, 6.45) is 0. The van der Waals surface area contributed by atoms with Gasteiger partial charge in [-0.1, -0.05) is 6.07 Å². The molecular formula is C13H13FN2O3. The van der Waals surface area contributed by atoms with Gasteiger partial charge in [0.25, 0.3) is 0 Å². The fourth-order valence-corrected chi connectivity index (χ4v) is 1.62. The van der Waals surface area contributed by atoms with Gasteiger partial charge in [-0.05, 0) is 25.1 Å². The number of carbonyl (C=O) groups excluding carboxylic acids is 1. The van der Waals surface area contributed by atoms with Crippen molar-refractivity contribution in [3.05, 3.63) is 53.2 Å². The maximum Gasteiger partial charge on any atom is 0.301 e. The topological polar surface area (TPSA) is 77.5 Å². The molecule has 0 radical (unpaired) electrons. The van der Waals surface area contributed by atoms with Crippen molar-refractivity contribution in [2.75, 3.05) is 0 Å². The smallest absolute Gasteiger partial charge is 0.301 e. The molecule has 0 saturated heterocycles. The van der Waals surface area contributed by atoms with Crippen molar-refractivity contribution in [2.24, 2.45) is 5.84 Å². The second-order valence-corrected chi connectivity index (χ2v) is 3.94. The first-order valence-electron chi connectivity index (χ1n) is 5.59. The van der Waals surface area contributed by atoms with Crippen molar-refractivity contribution in [3.63, 3.8) is 0 Å². The van der Waals surface area contributed by atoms with E-state index in [-0.39, 0.29) is 18.2 Å². The first-order valence-corrected chi connectivity index (χ1v) is 5.59. The van der Waals surface area contributed by atoms with Crippen LogP contribution in [0.3, 0.4) is 0 Å². The average molecular weight is 264 g/mol. The molecule has 6 heteroatoms. The van der Waals surface area contributed by atoms with Crippen molar-refractivity contribution in [1.82, 2.24) is 5.43 Å². The van der Waals surface area contributed by atoms with Gasteiger partial charge >= 0.3 is 5.91 Å². The Hall–Kier alpha value is -2.34. The summed E-state index contributed by atoms with van der Waals surface area (Å²) in [5.74, 6) is 5.13. The number of amides is 1. The number of ether oxygens (including phenoxy) is 1. The Morgan fingerprint density at radius 1 is 1.47 bits per heavy atom. The Morgan fingerprint density at radius 2 is 2.26 bits per heavy atom. The number of benzene rings is 1. The van der Waals surface area contributed by atoms with Crippen molar-refractivity contribution in [1.29, 1.82) is 0 Å². The molecule has 0 aliphatic rings. The normalized spacial score (nSPS) is 10.3. The summed E-state index contributed by atoms with van der Waals surface area (Å²) in [4.78, 5) is 11.3. The zero-order valence-corrected chi connectivity index (χ0v) is 10.3. The minimum Gasteiger partial charge on any atom is -0.486 e. The molecule has 0 fully saturated rings. The van der Waals surface area contributed by atoms with Crippen LogP contribution < -0.4 is 16.0 Å². The number of carbonyl (C=O) groups is 1. The number of hydrogen-bond acceptors (Lipinski definition) is 4. The minimum absolute atomic E-state index is 0.0993. The number of hydrazine groups is 1. The van der Waals surface area contributed by atoms with Crippen LogP contribution in [0, 0.1) is 12.7 Å². The fourth-order valence-electron chi connectivity index (χ4n) is 1.62. The molecule has 3 N–H and O–H groups in total. The largest absolute Gasteiger partial charge is 0.486 e. The summed E-state index contributed by atoms with van der Waals surface area (Å²) >= 11 is 0. The predicted molar refractivity (Wildman–Crippen MR) is 65.8 cm³/mol. The summed E-state index contributed by atoms with van der Waals surface area (Å²) in [6.45, 7) is 1.82. The first kappa shape index (κ1) is 13.1. The quantitative estimate of drug-likeness (QED) is 0.502. The first-order chi connectivity index (χ1) is 9.10. The number of halogens is 1. The molecule has 0 bridgehead atoms. The Bertz CT molecular complexity index is 595. The lowest BCUT2D eigenvalue weighted by atomic mass is 10.2. The van der Waals surface area contributed by atoms with E-state index in [0.29, 0.717) is 17.1 Å². The minimum atomic E-state index is -0.505. The highest BCUT2D eigenvalue weighted by Gasteiger charge is 2.14. The maximum absolute atomic E-state index is 12.9. The van der Waals surface area contributed by atoms with Gasteiger partial charge in [-0.3, -0.25) is 10.2 Å². The van der Waals surface area contributed by atoms with Gasteiger partial charge in [-0.2, -0.15) is 0 Å². The third kappa shape index (κ3) is 3.11. The lowest BCUT2D eigenvalue weighted by Gasteiger charge is -2.03. The lowest BCUT2D eigenvalue weighted by Crippen LogP contribution is -2.30. The van der Waals surface area contributed by atoms with Gasteiger partial charge < -0.3 is 9.15 Å². The Balaban J connectivity index is 2.06. The van der Waals surface area contributed by atoms with Crippen LogP contribution in [0.1, 0.15) is 21.9 Å². The van der Waals surface area contributed by atoms with Crippen LogP contribution >= 0.6 is 0 Å². The summed E-state index contributed by atoms with van der Waals surface area (Å²) in [5, 5.41) is 0. The standard InChI is InChI=1S/C13H13FN2O3/c1-8-5-11(19-12(8)13(17)16-15)7-18-10-4-2-3-9(14)6-10/h2-6H,7,15H2,1H3,(H,16,17). The van der Waals surface area contributed by atoms with Gasteiger partial charge in [0.2, 0.25) is 0 Å². The van der Waals surface area contributed by atoms with Crippen LogP contribution in [0.15, 0.2) is 34.7 Å². The zero-order chi connectivity index (χ0) is 13.8. The van der Waals surface area contributed by atoms with Gasteiger partial charge in [-0.15, -0.1) is 0 Å². The van der Waals surface area contributed by atoms with E-state index < -0.39 is 5.91 Å². The van der Waals surface area contributed by atoms with Crippen LogP contribution in [-0.4, -0.2) is 5.91 Å². The molecule has 0 unspecified atom stereocenters. The molecule has 1 aromatic carbocycles. The van der Waals surface area contributed by atoms with E-state index in [0.717, 1.165) is 0 Å². The van der Waals surface area contributed by atoms with Gasteiger partial charge in [0.1, 0.15) is 23.9 Å². The van der Waals surface area contributed by atoms with Crippen molar-refractivity contribution < 1.29 is 18.3 Å². The van der Waals surface area contributed by atoms with E-state index in [2.05, 4.69) is 0 Å². The van der Waals surface area contributed by atoms with Crippen molar-refractivity contribution in [2.45, 2.75) is 13.5 Å². The second kappa shape index (κ2) is 5.53. The number of nitrogens with two attached hydrogens (primary N) is 1. The number of hydrogen-bond donors (Lipinski definition) is 2. The summed E-state index contributed by atoms with van der Waals surface area (Å²) < 4.78 is 23.6. The predicted octanol–water partition coefficient (Wildman–Crippen LogP) is 1.91. The fraction of sp³-hybridized carbons (Fsp3) is 0.154. The second-order valence-electron chi connectivity index (χ2n) is 3.94. The number of rotatable bonds is 4. The Labute approximate surface area is 109 Å². The molecule has 19 heavy (non-hydrogen) atoms. The average Bonchev–Trinajstić information content (AvgIpc) is 2.77. The Kier molecular flexibility index (Phi) is 3.82. The molecule has 1 amide bonds. The van der Waals surface area contributed by atoms with Crippen LogP contribution in [0.4, 0.5) is 4.39 Å². The van der Waals surface area contributed by atoms with Gasteiger partial charge in [0, 0.05) is 11.6 Å². The van der Waals surface area contributed by atoms with E-state index in [1.54, 1.807) is 25.1 Å². The van der Waals surface area contributed by atoms with E-state index in [1.807, 2.05) is 5.43 Å². The maximum atomic E-state index is 12.9. The van der Waals surface area contributed by atoms with E-state index in [4.69, 9.17) is 15.0 Å². The molecular weight excluding hydrogens is 251 g/mol. The third-order valence-electron chi connectivity index (χ3n) is 2.48. The van der Waals surface area contributed by atoms with Gasteiger partial charge in [0.15, 0.2) is 5.76 Å². The molecule has 100 valence electrons. The molecule has 0 aliphatic heterocycles. The van der Waals surface area contributed by atoms with E-state index >= 15 is 0 Å². The molecule has 0 atom stereocenters.